The van der Waals surface area contributed by atoms with Crippen LogP contribution in [-0.2, 0) is 16.6 Å². The first kappa shape index (κ1) is 18.2. The van der Waals surface area contributed by atoms with Crippen LogP contribution < -0.4 is 5.14 Å². The van der Waals surface area contributed by atoms with Gasteiger partial charge in [-0.25, -0.2) is 18.5 Å². The molecule has 0 atom stereocenters. The van der Waals surface area contributed by atoms with E-state index in [0.29, 0.717) is 11.6 Å². The Morgan fingerprint density at radius 2 is 2.15 bits per heavy atom. The number of nitrogens with one attached hydrogen (secondary N) is 1. The van der Waals surface area contributed by atoms with Crippen LogP contribution in [0.15, 0.2) is 53.7 Å². The number of benzene rings is 1. The first-order valence-corrected chi connectivity index (χ1v) is 10.5. The monoisotopic (exact) mass is 402 g/mol. The number of pyridine rings is 1. The molecule has 0 amide bonds. The van der Waals surface area contributed by atoms with Crippen molar-refractivity contribution in [1.29, 1.82) is 0 Å². The van der Waals surface area contributed by atoms with Crippen LogP contribution in [0.2, 0.25) is 5.02 Å². The number of nitrogens with two attached hydrogens (primary N) is 1. The smallest absolute Gasteiger partial charge is 0.238 e. The number of hydrogen-bond acceptors (Lipinski definition) is 4. The zero-order valence-corrected chi connectivity index (χ0v) is 16.1. The van der Waals surface area contributed by atoms with Gasteiger partial charge in [-0.05, 0) is 47.9 Å². The van der Waals surface area contributed by atoms with Gasteiger partial charge in [0.2, 0.25) is 10.0 Å². The minimum Gasteiger partial charge on any atom is -0.346 e. The molecule has 3 aromatic rings. The first-order valence-electron chi connectivity index (χ1n) is 8.56. The van der Waals surface area contributed by atoms with E-state index in [4.69, 9.17) is 16.7 Å². The predicted molar refractivity (Wildman–Crippen MR) is 107 cm³/mol. The van der Waals surface area contributed by atoms with E-state index in [2.05, 4.69) is 27.0 Å². The maximum absolute atomic E-state index is 11.6. The fourth-order valence-electron chi connectivity index (χ4n) is 3.46. The molecule has 0 saturated heterocycles. The summed E-state index contributed by atoms with van der Waals surface area (Å²) in [6.45, 7) is 2.26. The number of H-pyrrole nitrogens is 1. The summed E-state index contributed by atoms with van der Waals surface area (Å²) in [6, 6.07) is 8.76. The number of rotatable bonds is 4. The van der Waals surface area contributed by atoms with Crippen LogP contribution in [-0.4, -0.2) is 36.4 Å². The van der Waals surface area contributed by atoms with Gasteiger partial charge in [-0.1, -0.05) is 17.7 Å². The van der Waals surface area contributed by atoms with Crippen molar-refractivity contribution < 1.29 is 8.42 Å². The average Bonchev–Trinajstić information content (AvgIpc) is 3.05. The summed E-state index contributed by atoms with van der Waals surface area (Å²) in [5, 5.41) is 6.73. The van der Waals surface area contributed by atoms with Crippen molar-refractivity contribution in [3.63, 3.8) is 0 Å². The molecule has 0 aliphatic carbocycles. The second kappa shape index (κ2) is 7.09. The van der Waals surface area contributed by atoms with Crippen LogP contribution in [0, 0.1) is 0 Å². The molecule has 140 valence electrons. The van der Waals surface area contributed by atoms with Crippen molar-refractivity contribution in [1.82, 2.24) is 14.9 Å². The largest absolute Gasteiger partial charge is 0.346 e. The first-order chi connectivity index (χ1) is 12.9. The lowest BCUT2D eigenvalue weighted by Crippen LogP contribution is -2.28. The summed E-state index contributed by atoms with van der Waals surface area (Å²) in [6.07, 6.45) is 6.91. The van der Waals surface area contributed by atoms with Crippen LogP contribution in [0.5, 0.6) is 0 Å². The second-order valence-corrected chi connectivity index (χ2v) is 8.65. The van der Waals surface area contributed by atoms with Gasteiger partial charge in [-0.2, -0.15) is 0 Å². The third-order valence-electron chi connectivity index (χ3n) is 4.76. The zero-order valence-electron chi connectivity index (χ0n) is 14.5. The molecule has 6 nitrogen and oxygen atoms in total. The molecule has 8 heteroatoms. The van der Waals surface area contributed by atoms with E-state index >= 15 is 0 Å². The number of sulfonamides is 1. The Balaban J connectivity index is 1.52. The van der Waals surface area contributed by atoms with Gasteiger partial charge in [0.1, 0.15) is 5.65 Å². The van der Waals surface area contributed by atoms with E-state index in [1.807, 2.05) is 12.3 Å². The highest BCUT2D eigenvalue weighted by atomic mass is 35.5. The van der Waals surface area contributed by atoms with Gasteiger partial charge >= 0.3 is 0 Å². The van der Waals surface area contributed by atoms with Gasteiger partial charge < -0.3 is 4.98 Å². The van der Waals surface area contributed by atoms with E-state index in [0.717, 1.165) is 36.1 Å². The Hall–Kier alpha value is -2.19. The van der Waals surface area contributed by atoms with Crippen LogP contribution in [0.3, 0.4) is 0 Å². The van der Waals surface area contributed by atoms with Crippen LogP contribution in [0.25, 0.3) is 16.6 Å². The molecule has 2 aromatic heterocycles. The summed E-state index contributed by atoms with van der Waals surface area (Å²) in [4.78, 5) is 9.84. The molecule has 0 fully saturated rings. The van der Waals surface area contributed by atoms with E-state index in [9.17, 15) is 8.42 Å². The van der Waals surface area contributed by atoms with Crippen molar-refractivity contribution >= 4 is 38.2 Å². The minimum absolute atomic E-state index is 0.0459. The molecule has 0 spiro atoms. The molecule has 27 heavy (non-hydrogen) atoms. The highest BCUT2D eigenvalue weighted by Crippen LogP contribution is 2.29. The standard InChI is InChI=1S/C19H19ClN4O2S/c20-15-8-13(9-16(10-15)27(21,25)26)12-24-6-3-14(4-7-24)18-11-23-19-17(18)2-1-5-22-19/h1-3,5,8-11H,4,6-7,12H2,(H,22,23)(H2,21,25,26). The quantitative estimate of drug-likeness (QED) is 0.701. The maximum atomic E-state index is 11.6. The number of nitrogens with zero attached hydrogens (tertiary/aromatic N) is 2. The van der Waals surface area contributed by atoms with Gasteiger partial charge in [0, 0.05) is 48.0 Å². The average molecular weight is 403 g/mol. The summed E-state index contributed by atoms with van der Waals surface area (Å²) >= 11 is 6.06. The van der Waals surface area contributed by atoms with Crippen LogP contribution in [0.1, 0.15) is 17.5 Å². The Morgan fingerprint density at radius 3 is 2.89 bits per heavy atom. The van der Waals surface area contributed by atoms with Gasteiger partial charge in [-0.3, -0.25) is 4.90 Å². The van der Waals surface area contributed by atoms with Crippen LogP contribution >= 0.6 is 11.6 Å². The molecular weight excluding hydrogens is 384 g/mol. The van der Waals surface area contributed by atoms with Crippen molar-refractivity contribution in [2.75, 3.05) is 13.1 Å². The molecule has 3 N–H and O–H groups in total. The van der Waals surface area contributed by atoms with Crippen molar-refractivity contribution in [2.24, 2.45) is 5.14 Å². The van der Waals surface area contributed by atoms with Crippen molar-refractivity contribution in [2.45, 2.75) is 17.9 Å². The SMILES string of the molecule is NS(=O)(=O)c1cc(Cl)cc(CN2CC=C(c3c[nH]c4ncccc34)CC2)c1. The lowest BCUT2D eigenvalue weighted by atomic mass is 9.99. The van der Waals surface area contributed by atoms with E-state index in [-0.39, 0.29) is 4.90 Å². The number of aromatic amines is 1. The van der Waals surface area contributed by atoms with Gasteiger partial charge in [0.25, 0.3) is 0 Å². The second-order valence-electron chi connectivity index (χ2n) is 6.66. The molecule has 1 aliphatic heterocycles. The number of fused-ring (bicyclic) bond motifs is 1. The normalized spacial score (nSPS) is 15.9. The zero-order chi connectivity index (χ0) is 19.0. The molecule has 0 bridgehead atoms. The summed E-state index contributed by atoms with van der Waals surface area (Å²) in [5.41, 5.74) is 4.21. The molecule has 0 unspecified atom stereocenters. The molecule has 1 aliphatic rings. The van der Waals surface area contributed by atoms with E-state index < -0.39 is 10.0 Å². The Kier molecular flexibility index (Phi) is 4.77. The summed E-state index contributed by atoms with van der Waals surface area (Å²) in [7, 11) is -3.77. The van der Waals surface area contributed by atoms with Crippen molar-refractivity contribution in [3.05, 3.63) is 65.0 Å². The fraction of sp³-hybridized carbons (Fsp3) is 0.211. The predicted octanol–water partition coefficient (Wildman–Crippen LogP) is 3.15. The molecule has 0 saturated carbocycles. The molecule has 4 rings (SSSR count). The third kappa shape index (κ3) is 3.91. The summed E-state index contributed by atoms with van der Waals surface area (Å²) < 4.78 is 23.2. The van der Waals surface area contributed by atoms with E-state index in [1.165, 1.54) is 17.2 Å². The number of hydrogen-bond donors (Lipinski definition) is 2. The van der Waals surface area contributed by atoms with Gasteiger partial charge in [0.15, 0.2) is 0 Å². The topological polar surface area (TPSA) is 92.1 Å². The Morgan fingerprint density at radius 1 is 1.30 bits per heavy atom. The molecule has 3 heterocycles. The lowest BCUT2D eigenvalue weighted by Gasteiger charge is -2.26. The maximum Gasteiger partial charge on any atom is 0.238 e. The van der Waals surface area contributed by atoms with Gasteiger partial charge in [-0.15, -0.1) is 0 Å². The number of primary sulfonamides is 1. The summed E-state index contributed by atoms with van der Waals surface area (Å²) in [5.74, 6) is 0. The number of halogens is 1. The lowest BCUT2D eigenvalue weighted by molar-refractivity contribution is 0.294. The fourth-order valence-corrected chi connectivity index (χ4v) is 4.38. The Bertz CT molecular complexity index is 1140. The molecular formula is C19H19ClN4O2S. The number of aromatic nitrogens is 2. The third-order valence-corrected chi connectivity index (χ3v) is 5.87. The highest BCUT2D eigenvalue weighted by Gasteiger charge is 2.17. The minimum atomic E-state index is -3.77. The van der Waals surface area contributed by atoms with Gasteiger partial charge in [0.05, 0.1) is 4.90 Å². The van der Waals surface area contributed by atoms with Crippen molar-refractivity contribution in [3.8, 4) is 0 Å². The molecule has 0 radical (unpaired) electrons. The van der Waals surface area contributed by atoms with E-state index in [1.54, 1.807) is 18.3 Å². The van der Waals surface area contributed by atoms with Crippen LogP contribution in [0.4, 0.5) is 0 Å². The Labute approximate surface area is 162 Å². The molecule has 1 aromatic carbocycles. The highest BCUT2D eigenvalue weighted by molar-refractivity contribution is 7.89.